The Kier molecular flexibility index (Phi) is 3.91. The summed E-state index contributed by atoms with van der Waals surface area (Å²) in [5.74, 6) is -0.120. The molecule has 0 aliphatic carbocycles. The van der Waals surface area contributed by atoms with Gasteiger partial charge in [0, 0.05) is 16.4 Å². The van der Waals surface area contributed by atoms with E-state index in [1.807, 2.05) is 0 Å². The predicted molar refractivity (Wildman–Crippen MR) is 78.4 cm³/mol. The number of nitrogens with zero attached hydrogens (tertiary/aromatic N) is 1. The van der Waals surface area contributed by atoms with E-state index in [0.29, 0.717) is 21.8 Å². The van der Waals surface area contributed by atoms with Crippen molar-refractivity contribution in [2.45, 2.75) is 17.6 Å². The fraction of sp³-hybridized carbons (Fsp3) is 0.154. The molecule has 1 aromatic carbocycles. The Labute approximate surface area is 120 Å². The van der Waals surface area contributed by atoms with Crippen molar-refractivity contribution in [3.05, 3.63) is 52.3 Å². The van der Waals surface area contributed by atoms with E-state index < -0.39 is 9.84 Å². The third-order valence-corrected chi connectivity index (χ3v) is 4.93. The van der Waals surface area contributed by atoms with Gasteiger partial charge < -0.3 is 5.73 Å². The molecule has 100 valence electrons. The number of aryl methyl sites for hydroxylation is 1. The molecule has 0 amide bonds. The van der Waals surface area contributed by atoms with E-state index in [0.717, 1.165) is 4.47 Å². The monoisotopic (exact) mass is 340 g/mol. The van der Waals surface area contributed by atoms with Crippen LogP contribution in [0.3, 0.4) is 0 Å². The summed E-state index contributed by atoms with van der Waals surface area (Å²) in [5, 5.41) is 0. The van der Waals surface area contributed by atoms with Crippen LogP contribution in [0.25, 0.3) is 0 Å². The zero-order chi connectivity index (χ0) is 14.0. The van der Waals surface area contributed by atoms with Crippen molar-refractivity contribution in [3.63, 3.8) is 0 Å². The van der Waals surface area contributed by atoms with Crippen LogP contribution >= 0.6 is 15.9 Å². The average molecular weight is 341 g/mol. The number of sulfone groups is 1. The Hall–Kier alpha value is -1.40. The van der Waals surface area contributed by atoms with Crippen molar-refractivity contribution >= 4 is 31.5 Å². The first kappa shape index (κ1) is 14.0. The molecule has 2 N–H and O–H groups in total. The van der Waals surface area contributed by atoms with Crippen LogP contribution in [-0.2, 0) is 15.6 Å². The van der Waals surface area contributed by atoms with Crippen LogP contribution in [0.2, 0.25) is 0 Å². The van der Waals surface area contributed by atoms with Gasteiger partial charge in [0.25, 0.3) is 0 Å². The van der Waals surface area contributed by atoms with Crippen LogP contribution in [0.5, 0.6) is 0 Å². The number of hydrogen-bond donors (Lipinski definition) is 1. The van der Waals surface area contributed by atoms with Gasteiger partial charge in [-0.25, -0.2) is 8.42 Å². The Morgan fingerprint density at radius 3 is 2.58 bits per heavy atom. The molecule has 0 spiro atoms. The lowest BCUT2D eigenvalue weighted by molar-refractivity contribution is 0.594. The molecule has 2 aromatic rings. The SMILES string of the molecule is Cc1cc(N)ccc1S(=O)(=O)Cc1ccc(Br)cn1. The molecule has 4 nitrogen and oxygen atoms in total. The number of anilines is 1. The van der Waals surface area contributed by atoms with Crippen molar-refractivity contribution < 1.29 is 8.42 Å². The van der Waals surface area contributed by atoms with Crippen LogP contribution in [0.4, 0.5) is 5.69 Å². The van der Waals surface area contributed by atoms with Gasteiger partial charge in [0.1, 0.15) is 0 Å². The van der Waals surface area contributed by atoms with E-state index in [4.69, 9.17) is 5.73 Å². The minimum atomic E-state index is -3.41. The first-order chi connectivity index (χ1) is 8.88. The Morgan fingerprint density at radius 1 is 1.26 bits per heavy atom. The molecule has 0 saturated heterocycles. The van der Waals surface area contributed by atoms with E-state index in [2.05, 4.69) is 20.9 Å². The van der Waals surface area contributed by atoms with Gasteiger partial charge in [0.05, 0.1) is 16.3 Å². The van der Waals surface area contributed by atoms with E-state index in [1.165, 1.54) is 0 Å². The maximum Gasteiger partial charge on any atom is 0.184 e. The van der Waals surface area contributed by atoms with Gasteiger partial charge in [0.15, 0.2) is 9.84 Å². The molecule has 0 saturated carbocycles. The standard InChI is InChI=1S/C13H13BrN2O2S/c1-9-6-11(15)3-5-13(9)19(17,18)8-12-4-2-10(14)7-16-12/h2-7H,8,15H2,1H3. The molecule has 0 aliphatic rings. The van der Waals surface area contributed by atoms with Crippen LogP contribution in [0.15, 0.2) is 45.9 Å². The second-order valence-corrected chi connectivity index (χ2v) is 7.13. The van der Waals surface area contributed by atoms with Crippen molar-refractivity contribution in [2.24, 2.45) is 0 Å². The molecule has 0 bridgehead atoms. The molecule has 19 heavy (non-hydrogen) atoms. The number of pyridine rings is 1. The Morgan fingerprint density at radius 2 is 2.00 bits per heavy atom. The summed E-state index contributed by atoms with van der Waals surface area (Å²) < 4.78 is 25.5. The largest absolute Gasteiger partial charge is 0.399 e. The fourth-order valence-corrected chi connectivity index (χ4v) is 3.56. The van der Waals surface area contributed by atoms with Gasteiger partial charge in [-0.2, -0.15) is 0 Å². The van der Waals surface area contributed by atoms with Crippen molar-refractivity contribution in [2.75, 3.05) is 5.73 Å². The van der Waals surface area contributed by atoms with Gasteiger partial charge in [-0.15, -0.1) is 0 Å². The number of rotatable bonds is 3. The van der Waals surface area contributed by atoms with Crippen LogP contribution < -0.4 is 5.73 Å². The van der Waals surface area contributed by atoms with Gasteiger partial charge in [-0.1, -0.05) is 0 Å². The molecule has 6 heteroatoms. The number of hydrogen-bond acceptors (Lipinski definition) is 4. The van der Waals surface area contributed by atoms with Gasteiger partial charge >= 0.3 is 0 Å². The second-order valence-electron chi connectivity index (χ2n) is 4.25. The molecule has 0 fully saturated rings. The van der Waals surface area contributed by atoms with Gasteiger partial charge in [0.2, 0.25) is 0 Å². The van der Waals surface area contributed by atoms with E-state index in [-0.39, 0.29) is 5.75 Å². The number of benzene rings is 1. The van der Waals surface area contributed by atoms with E-state index in [1.54, 1.807) is 43.5 Å². The lowest BCUT2D eigenvalue weighted by atomic mass is 10.2. The third kappa shape index (κ3) is 3.33. The Bertz CT molecular complexity index is 697. The summed E-state index contributed by atoms with van der Waals surface area (Å²) >= 11 is 3.26. The molecule has 1 heterocycles. The quantitative estimate of drug-likeness (QED) is 0.872. The lowest BCUT2D eigenvalue weighted by Crippen LogP contribution is -2.08. The van der Waals surface area contributed by atoms with Crippen molar-refractivity contribution in [1.29, 1.82) is 0 Å². The smallest absolute Gasteiger partial charge is 0.184 e. The topological polar surface area (TPSA) is 73.1 Å². The normalized spacial score (nSPS) is 11.5. The number of halogens is 1. The zero-order valence-electron chi connectivity index (χ0n) is 10.3. The molecule has 0 unspecified atom stereocenters. The molecular weight excluding hydrogens is 328 g/mol. The molecular formula is C13H13BrN2O2S. The first-order valence-corrected chi connectivity index (χ1v) is 8.02. The summed E-state index contributed by atoms with van der Waals surface area (Å²) in [6.07, 6.45) is 1.58. The number of nitrogens with two attached hydrogens (primary N) is 1. The molecule has 0 radical (unpaired) electrons. The van der Waals surface area contributed by atoms with Gasteiger partial charge in [-0.05, 0) is 58.7 Å². The van der Waals surface area contributed by atoms with Crippen LogP contribution in [0, 0.1) is 6.92 Å². The average Bonchev–Trinajstić information content (AvgIpc) is 2.31. The summed E-state index contributed by atoms with van der Waals surface area (Å²) in [7, 11) is -3.41. The molecule has 0 aliphatic heterocycles. The maximum absolute atomic E-state index is 12.3. The minimum absolute atomic E-state index is 0.120. The van der Waals surface area contributed by atoms with Crippen molar-refractivity contribution in [3.8, 4) is 0 Å². The summed E-state index contributed by atoms with van der Waals surface area (Å²) in [6.45, 7) is 1.73. The zero-order valence-corrected chi connectivity index (χ0v) is 12.7. The highest BCUT2D eigenvalue weighted by atomic mass is 79.9. The highest BCUT2D eigenvalue weighted by Crippen LogP contribution is 2.22. The van der Waals surface area contributed by atoms with E-state index >= 15 is 0 Å². The summed E-state index contributed by atoms with van der Waals surface area (Å²) in [6, 6.07) is 8.25. The predicted octanol–water partition coefficient (Wildman–Crippen LogP) is 2.71. The highest BCUT2D eigenvalue weighted by Gasteiger charge is 2.18. The van der Waals surface area contributed by atoms with Crippen molar-refractivity contribution in [1.82, 2.24) is 4.98 Å². The molecule has 2 rings (SSSR count). The first-order valence-electron chi connectivity index (χ1n) is 5.58. The van der Waals surface area contributed by atoms with Gasteiger partial charge in [-0.3, -0.25) is 4.98 Å². The second kappa shape index (κ2) is 5.30. The number of aromatic nitrogens is 1. The molecule has 0 atom stereocenters. The van der Waals surface area contributed by atoms with Crippen LogP contribution in [0.1, 0.15) is 11.3 Å². The Balaban J connectivity index is 2.35. The maximum atomic E-state index is 12.3. The fourth-order valence-electron chi connectivity index (χ4n) is 1.79. The summed E-state index contributed by atoms with van der Waals surface area (Å²) in [5.41, 5.74) is 7.34. The van der Waals surface area contributed by atoms with E-state index in [9.17, 15) is 8.42 Å². The lowest BCUT2D eigenvalue weighted by Gasteiger charge is -2.08. The summed E-state index contributed by atoms with van der Waals surface area (Å²) in [4.78, 5) is 4.38. The van der Waals surface area contributed by atoms with Crippen LogP contribution in [-0.4, -0.2) is 13.4 Å². The number of nitrogen functional groups attached to an aromatic ring is 1. The highest BCUT2D eigenvalue weighted by molar-refractivity contribution is 9.10. The third-order valence-electron chi connectivity index (χ3n) is 2.66. The minimum Gasteiger partial charge on any atom is -0.399 e. The molecule has 1 aromatic heterocycles.